The number of aromatic nitrogens is 1. The van der Waals surface area contributed by atoms with Gasteiger partial charge in [0.2, 0.25) is 0 Å². The average molecular weight is 218 g/mol. The Morgan fingerprint density at radius 3 is 2.47 bits per heavy atom. The van der Waals surface area contributed by atoms with Gasteiger partial charge in [-0.3, -0.25) is 0 Å². The summed E-state index contributed by atoms with van der Waals surface area (Å²) in [5.74, 6) is 0. The van der Waals surface area contributed by atoms with Gasteiger partial charge in [-0.25, -0.2) is 9.37 Å². The molecule has 1 aromatic rings. The Kier molecular flexibility index (Phi) is 2.93. The van der Waals surface area contributed by atoms with E-state index < -0.39 is 24.1 Å². The molecule has 0 spiro atoms. The summed E-state index contributed by atoms with van der Waals surface area (Å²) in [5.41, 5.74) is -2.12. The van der Waals surface area contributed by atoms with E-state index in [2.05, 4.69) is 4.98 Å². The summed E-state index contributed by atoms with van der Waals surface area (Å²) < 4.78 is 49.4. The quantitative estimate of drug-likeness (QED) is 0.679. The first-order valence-electron chi connectivity index (χ1n) is 3.94. The van der Waals surface area contributed by atoms with Gasteiger partial charge in [0.25, 0.3) is 0 Å². The molecule has 0 saturated carbocycles. The zero-order valence-corrected chi connectivity index (χ0v) is 7.69. The van der Waals surface area contributed by atoms with E-state index in [1.54, 1.807) is 0 Å². The van der Waals surface area contributed by atoms with Crippen molar-refractivity contribution in [2.75, 3.05) is 0 Å². The number of alkyl halides is 4. The Morgan fingerprint density at radius 1 is 1.47 bits per heavy atom. The van der Waals surface area contributed by atoms with Crippen LogP contribution >= 0.6 is 0 Å². The second-order valence-corrected chi connectivity index (χ2v) is 2.90. The van der Waals surface area contributed by atoms with Crippen molar-refractivity contribution in [2.24, 2.45) is 0 Å². The lowest BCUT2D eigenvalue weighted by molar-refractivity contribution is -0.141. The molecule has 0 N–H and O–H groups in total. The molecule has 1 aromatic heterocycles. The predicted octanol–water partition coefficient (Wildman–Crippen LogP) is 2.75. The van der Waals surface area contributed by atoms with Gasteiger partial charge in [-0.15, -0.1) is 0 Å². The van der Waals surface area contributed by atoms with Gasteiger partial charge in [-0.05, 0) is 18.6 Å². The number of nitrogens with zero attached hydrogens (tertiary/aromatic N) is 2. The van der Waals surface area contributed by atoms with E-state index in [0.29, 0.717) is 0 Å². The first-order valence-corrected chi connectivity index (χ1v) is 3.94. The number of nitriles is 1. The Hall–Kier alpha value is -1.64. The molecule has 0 aromatic carbocycles. The predicted molar refractivity (Wildman–Crippen MR) is 43.5 cm³/mol. The standard InChI is InChI=1S/C9H6F4N2/c1-5-2-6(3-10)15-8(7(5)4-14)9(11,12)13/h2H,3H2,1H3. The van der Waals surface area contributed by atoms with Crippen LogP contribution in [0.5, 0.6) is 0 Å². The molecule has 0 aliphatic heterocycles. The lowest BCUT2D eigenvalue weighted by atomic mass is 10.1. The zero-order valence-electron chi connectivity index (χ0n) is 7.69. The van der Waals surface area contributed by atoms with Gasteiger partial charge in [0.05, 0.1) is 11.3 Å². The van der Waals surface area contributed by atoms with E-state index in [0.717, 1.165) is 6.07 Å². The summed E-state index contributed by atoms with van der Waals surface area (Å²) in [6, 6.07) is 2.55. The molecular formula is C9H6F4N2. The summed E-state index contributed by atoms with van der Waals surface area (Å²) in [5, 5.41) is 8.54. The molecule has 0 radical (unpaired) electrons. The van der Waals surface area contributed by atoms with E-state index in [1.165, 1.54) is 13.0 Å². The minimum atomic E-state index is -4.74. The number of hydrogen-bond acceptors (Lipinski definition) is 2. The monoisotopic (exact) mass is 218 g/mol. The fraction of sp³-hybridized carbons (Fsp3) is 0.333. The minimum Gasteiger partial charge on any atom is -0.244 e. The van der Waals surface area contributed by atoms with Crippen LogP contribution < -0.4 is 0 Å². The number of rotatable bonds is 1. The van der Waals surface area contributed by atoms with Crippen LogP contribution in [0.25, 0.3) is 0 Å². The molecule has 0 fully saturated rings. The molecule has 0 amide bonds. The molecule has 1 heterocycles. The molecule has 0 saturated heterocycles. The lowest BCUT2D eigenvalue weighted by Gasteiger charge is -2.10. The topological polar surface area (TPSA) is 36.7 Å². The normalized spacial score (nSPS) is 11.2. The summed E-state index contributed by atoms with van der Waals surface area (Å²) in [4.78, 5) is 3.07. The Bertz CT molecular complexity index is 417. The van der Waals surface area contributed by atoms with E-state index in [4.69, 9.17) is 5.26 Å². The average Bonchev–Trinajstić information content (AvgIpc) is 2.15. The van der Waals surface area contributed by atoms with Gasteiger partial charge >= 0.3 is 6.18 Å². The van der Waals surface area contributed by atoms with Crippen molar-refractivity contribution >= 4 is 0 Å². The third kappa shape index (κ3) is 2.24. The number of pyridine rings is 1. The van der Waals surface area contributed by atoms with Crippen LogP contribution in [0, 0.1) is 18.3 Å². The van der Waals surface area contributed by atoms with Gasteiger partial charge in [-0.2, -0.15) is 18.4 Å². The van der Waals surface area contributed by atoms with Crippen LogP contribution in [0.2, 0.25) is 0 Å². The van der Waals surface area contributed by atoms with Gasteiger partial charge < -0.3 is 0 Å². The Labute approximate surface area is 83.2 Å². The summed E-state index contributed by atoms with van der Waals surface area (Å²) in [7, 11) is 0. The highest BCUT2D eigenvalue weighted by molar-refractivity contribution is 5.42. The highest BCUT2D eigenvalue weighted by Crippen LogP contribution is 2.31. The van der Waals surface area contributed by atoms with Gasteiger partial charge in [0.1, 0.15) is 12.7 Å². The summed E-state index contributed by atoms with van der Waals surface area (Å²) >= 11 is 0. The van der Waals surface area contributed by atoms with Crippen molar-refractivity contribution in [1.29, 1.82) is 5.26 Å². The number of halogens is 4. The maximum atomic E-state index is 12.4. The van der Waals surface area contributed by atoms with Crippen molar-refractivity contribution in [2.45, 2.75) is 19.8 Å². The van der Waals surface area contributed by atoms with Gasteiger partial charge in [-0.1, -0.05) is 0 Å². The van der Waals surface area contributed by atoms with Crippen molar-refractivity contribution in [3.8, 4) is 6.07 Å². The molecule has 0 bridgehead atoms. The molecule has 0 unspecified atom stereocenters. The summed E-state index contributed by atoms with van der Waals surface area (Å²) in [6.45, 7) is 0.226. The van der Waals surface area contributed by atoms with Crippen LogP contribution in [0.15, 0.2) is 6.07 Å². The van der Waals surface area contributed by atoms with E-state index >= 15 is 0 Å². The van der Waals surface area contributed by atoms with Crippen molar-refractivity contribution in [1.82, 2.24) is 4.98 Å². The SMILES string of the molecule is Cc1cc(CF)nc(C(F)(F)F)c1C#N. The molecule has 2 nitrogen and oxygen atoms in total. The fourth-order valence-electron chi connectivity index (χ4n) is 1.16. The lowest BCUT2D eigenvalue weighted by Crippen LogP contribution is -2.13. The zero-order chi connectivity index (χ0) is 11.6. The third-order valence-electron chi connectivity index (χ3n) is 1.79. The first-order chi connectivity index (χ1) is 6.90. The largest absolute Gasteiger partial charge is 0.434 e. The fourth-order valence-corrected chi connectivity index (χ4v) is 1.16. The first kappa shape index (κ1) is 11.4. The summed E-state index contributed by atoms with van der Waals surface area (Å²) in [6.07, 6.45) is -4.74. The highest BCUT2D eigenvalue weighted by Gasteiger charge is 2.36. The van der Waals surface area contributed by atoms with Crippen LogP contribution in [0.1, 0.15) is 22.5 Å². The van der Waals surface area contributed by atoms with E-state index in [1.807, 2.05) is 0 Å². The van der Waals surface area contributed by atoms with E-state index in [9.17, 15) is 17.6 Å². The highest BCUT2D eigenvalue weighted by atomic mass is 19.4. The van der Waals surface area contributed by atoms with Crippen molar-refractivity contribution < 1.29 is 17.6 Å². The maximum absolute atomic E-state index is 12.4. The Balaban J connectivity index is 3.48. The Morgan fingerprint density at radius 2 is 2.07 bits per heavy atom. The third-order valence-corrected chi connectivity index (χ3v) is 1.79. The molecule has 0 aliphatic carbocycles. The molecule has 1 rings (SSSR count). The van der Waals surface area contributed by atoms with Crippen LogP contribution in [-0.4, -0.2) is 4.98 Å². The minimum absolute atomic E-state index is 0.0764. The number of aryl methyl sites for hydroxylation is 1. The smallest absolute Gasteiger partial charge is 0.244 e. The van der Waals surface area contributed by atoms with Crippen LogP contribution in [-0.2, 0) is 12.9 Å². The number of hydrogen-bond donors (Lipinski definition) is 0. The molecule has 80 valence electrons. The second kappa shape index (κ2) is 3.85. The maximum Gasteiger partial charge on any atom is 0.434 e. The van der Waals surface area contributed by atoms with Crippen LogP contribution in [0.3, 0.4) is 0 Å². The van der Waals surface area contributed by atoms with E-state index in [-0.39, 0.29) is 11.3 Å². The second-order valence-electron chi connectivity index (χ2n) is 2.90. The van der Waals surface area contributed by atoms with Crippen LogP contribution in [0.4, 0.5) is 17.6 Å². The molecule has 0 atom stereocenters. The van der Waals surface area contributed by atoms with Gasteiger partial charge in [0, 0.05) is 0 Å². The molecule has 6 heteroatoms. The molecular weight excluding hydrogens is 212 g/mol. The van der Waals surface area contributed by atoms with Gasteiger partial charge in [0.15, 0.2) is 5.69 Å². The van der Waals surface area contributed by atoms with Crippen molar-refractivity contribution in [3.63, 3.8) is 0 Å². The molecule has 0 aliphatic rings. The van der Waals surface area contributed by atoms with Crippen molar-refractivity contribution in [3.05, 3.63) is 28.6 Å². The molecule has 15 heavy (non-hydrogen) atoms.